The quantitative estimate of drug-likeness (QED) is 0.748. The van der Waals surface area contributed by atoms with Crippen molar-refractivity contribution in [3.63, 3.8) is 0 Å². The second-order valence-electron chi connectivity index (χ2n) is 5.79. The molecule has 0 saturated heterocycles. The van der Waals surface area contributed by atoms with Gasteiger partial charge in [0.2, 0.25) is 5.95 Å². The monoisotopic (exact) mass is 320 g/mol. The number of hydrogen-bond acceptors (Lipinski definition) is 4. The molecule has 3 heterocycles. The molecule has 6 heteroatoms. The Hall–Kier alpha value is -3.15. The van der Waals surface area contributed by atoms with Gasteiger partial charge in [0.1, 0.15) is 30.5 Å². The number of ether oxygens (including phenoxy) is 1. The first-order chi connectivity index (χ1) is 11.8. The molecule has 0 saturated carbocycles. The van der Waals surface area contributed by atoms with E-state index >= 15 is 0 Å². The molecule has 118 valence electrons. The molecule has 5 rings (SSSR count). The Morgan fingerprint density at radius 2 is 1.96 bits per heavy atom. The molecule has 0 spiro atoms. The zero-order chi connectivity index (χ0) is 16.1. The molecule has 1 N–H and O–H groups in total. The maximum atomic E-state index is 13.3. The number of aromatic nitrogens is 3. The largest absolute Gasteiger partial charge is 0.488 e. The van der Waals surface area contributed by atoms with Crippen molar-refractivity contribution in [3.8, 4) is 5.75 Å². The molecule has 0 radical (unpaired) electrons. The summed E-state index contributed by atoms with van der Waals surface area (Å²) in [6.07, 6.45) is 1.52. The van der Waals surface area contributed by atoms with E-state index in [9.17, 15) is 4.39 Å². The summed E-state index contributed by atoms with van der Waals surface area (Å²) in [7, 11) is 0. The number of fused-ring (bicyclic) bond motifs is 3. The summed E-state index contributed by atoms with van der Waals surface area (Å²) in [6, 6.07) is 14.2. The highest BCUT2D eigenvalue weighted by Crippen LogP contribution is 2.43. The Kier molecular flexibility index (Phi) is 2.73. The predicted octanol–water partition coefficient (Wildman–Crippen LogP) is 3.24. The van der Waals surface area contributed by atoms with Gasteiger partial charge in [0.05, 0.1) is 5.70 Å². The molecule has 24 heavy (non-hydrogen) atoms. The number of para-hydroxylation sites is 1. The average Bonchev–Trinajstić information content (AvgIpc) is 3.09. The highest BCUT2D eigenvalue weighted by molar-refractivity contribution is 5.84. The van der Waals surface area contributed by atoms with Crippen LogP contribution in [-0.2, 0) is 0 Å². The molecule has 0 amide bonds. The SMILES string of the molecule is Fc1ccc(C2C3=C(Nc4ncnn42)c2ccccc2OC3)cc1. The van der Waals surface area contributed by atoms with E-state index in [1.165, 1.54) is 18.5 Å². The van der Waals surface area contributed by atoms with Crippen LogP contribution in [0.2, 0.25) is 0 Å². The summed E-state index contributed by atoms with van der Waals surface area (Å²) in [5.41, 5.74) is 3.99. The Labute approximate surface area is 137 Å². The third-order valence-corrected chi connectivity index (χ3v) is 4.43. The lowest BCUT2D eigenvalue weighted by Crippen LogP contribution is -2.30. The Morgan fingerprint density at radius 1 is 1.12 bits per heavy atom. The van der Waals surface area contributed by atoms with Gasteiger partial charge in [0, 0.05) is 11.1 Å². The van der Waals surface area contributed by atoms with Crippen LogP contribution in [0.25, 0.3) is 5.70 Å². The normalized spacial score (nSPS) is 18.1. The van der Waals surface area contributed by atoms with Crippen molar-refractivity contribution in [2.75, 3.05) is 11.9 Å². The van der Waals surface area contributed by atoms with E-state index < -0.39 is 0 Å². The standard InChI is InChI=1S/C18H13FN4O/c19-12-7-5-11(6-8-12)17-14-9-24-15-4-2-1-3-13(15)16(14)22-18-20-10-21-23(17)18/h1-8,10,17H,9H2,(H,20,21,22). The van der Waals surface area contributed by atoms with Crippen molar-refractivity contribution < 1.29 is 9.13 Å². The summed E-state index contributed by atoms with van der Waals surface area (Å²) in [4.78, 5) is 4.31. The van der Waals surface area contributed by atoms with Crippen molar-refractivity contribution >= 4 is 11.6 Å². The van der Waals surface area contributed by atoms with E-state index in [0.29, 0.717) is 12.6 Å². The first kappa shape index (κ1) is 13.3. The summed E-state index contributed by atoms with van der Waals surface area (Å²) in [5.74, 6) is 1.25. The highest BCUT2D eigenvalue weighted by Gasteiger charge is 2.34. The van der Waals surface area contributed by atoms with Gasteiger partial charge in [-0.1, -0.05) is 24.3 Å². The van der Waals surface area contributed by atoms with Crippen LogP contribution in [0, 0.1) is 5.82 Å². The number of hydrogen-bond donors (Lipinski definition) is 1. The molecule has 0 bridgehead atoms. The van der Waals surface area contributed by atoms with Crippen molar-refractivity contribution in [1.82, 2.24) is 14.8 Å². The summed E-state index contributed by atoms with van der Waals surface area (Å²) >= 11 is 0. The molecule has 1 aromatic heterocycles. The van der Waals surface area contributed by atoms with E-state index in [1.807, 2.05) is 28.9 Å². The lowest BCUT2D eigenvalue weighted by Gasteiger charge is -2.34. The molecule has 5 nitrogen and oxygen atoms in total. The van der Waals surface area contributed by atoms with Gasteiger partial charge in [0.25, 0.3) is 0 Å². The smallest absolute Gasteiger partial charge is 0.226 e. The minimum absolute atomic E-state index is 0.173. The summed E-state index contributed by atoms with van der Waals surface area (Å²) in [6.45, 7) is 0.445. The van der Waals surface area contributed by atoms with Crippen LogP contribution in [0.4, 0.5) is 10.3 Å². The first-order valence-electron chi connectivity index (χ1n) is 7.68. The third-order valence-electron chi connectivity index (χ3n) is 4.43. The van der Waals surface area contributed by atoms with Crippen molar-refractivity contribution in [1.29, 1.82) is 0 Å². The van der Waals surface area contributed by atoms with Gasteiger partial charge in [-0.3, -0.25) is 0 Å². The second-order valence-corrected chi connectivity index (χ2v) is 5.79. The Morgan fingerprint density at radius 3 is 2.83 bits per heavy atom. The Bertz CT molecular complexity index is 961. The van der Waals surface area contributed by atoms with Gasteiger partial charge in [-0.15, -0.1) is 0 Å². The van der Waals surface area contributed by atoms with Gasteiger partial charge in [-0.25, -0.2) is 9.07 Å². The minimum atomic E-state index is -0.258. The average molecular weight is 320 g/mol. The summed E-state index contributed by atoms with van der Waals surface area (Å²) in [5, 5.41) is 7.70. The fraction of sp³-hybridized carbons (Fsp3) is 0.111. The van der Waals surface area contributed by atoms with Gasteiger partial charge in [0.15, 0.2) is 0 Å². The Balaban J connectivity index is 1.73. The molecule has 2 aliphatic rings. The van der Waals surface area contributed by atoms with Gasteiger partial charge >= 0.3 is 0 Å². The summed E-state index contributed by atoms with van der Waals surface area (Å²) < 4.78 is 21.1. The number of halogens is 1. The minimum Gasteiger partial charge on any atom is -0.488 e. The molecular formula is C18H13FN4O. The molecule has 2 aromatic carbocycles. The van der Waals surface area contributed by atoms with Crippen molar-refractivity contribution in [2.24, 2.45) is 0 Å². The fourth-order valence-electron chi connectivity index (χ4n) is 3.34. The lowest BCUT2D eigenvalue weighted by molar-refractivity contribution is 0.328. The third kappa shape index (κ3) is 1.86. The topological polar surface area (TPSA) is 52.0 Å². The zero-order valence-electron chi connectivity index (χ0n) is 12.6. The van der Waals surface area contributed by atoms with Crippen LogP contribution in [0.1, 0.15) is 17.2 Å². The lowest BCUT2D eigenvalue weighted by atomic mass is 9.92. The molecule has 1 unspecified atom stereocenters. The van der Waals surface area contributed by atoms with Crippen LogP contribution in [-0.4, -0.2) is 21.4 Å². The zero-order valence-corrected chi connectivity index (χ0v) is 12.6. The van der Waals surface area contributed by atoms with Crippen LogP contribution >= 0.6 is 0 Å². The number of nitrogens with one attached hydrogen (secondary N) is 1. The van der Waals surface area contributed by atoms with Crippen molar-refractivity contribution in [2.45, 2.75) is 6.04 Å². The van der Waals surface area contributed by atoms with E-state index in [2.05, 4.69) is 15.4 Å². The molecule has 3 aromatic rings. The first-order valence-corrected chi connectivity index (χ1v) is 7.68. The molecule has 2 aliphatic heterocycles. The second kappa shape index (κ2) is 4.92. The predicted molar refractivity (Wildman–Crippen MR) is 87.0 cm³/mol. The highest BCUT2D eigenvalue weighted by atomic mass is 19.1. The van der Waals surface area contributed by atoms with Gasteiger partial charge in [-0.2, -0.15) is 10.1 Å². The molecule has 0 aliphatic carbocycles. The fourth-order valence-corrected chi connectivity index (χ4v) is 3.34. The maximum Gasteiger partial charge on any atom is 0.226 e. The van der Waals surface area contributed by atoms with Crippen LogP contribution in [0.15, 0.2) is 60.4 Å². The van der Waals surface area contributed by atoms with Crippen molar-refractivity contribution in [3.05, 3.63) is 77.4 Å². The van der Waals surface area contributed by atoms with Crippen LogP contribution < -0.4 is 10.1 Å². The van der Waals surface area contributed by atoms with E-state index in [0.717, 1.165) is 28.1 Å². The molecule has 1 atom stereocenters. The number of anilines is 1. The maximum absolute atomic E-state index is 13.3. The van der Waals surface area contributed by atoms with Crippen LogP contribution in [0.5, 0.6) is 5.75 Å². The molecule has 0 fully saturated rings. The van der Waals surface area contributed by atoms with E-state index in [4.69, 9.17) is 4.74 Å². The van der Waals surface area contributed by atoms with Gasteiger partial charge in [-0.05, 0) is 29.8 Å². The molecular weight excluding hydrogens is 307 g/mol. The number of benzene rings is 2. The van der Waals surface area contributed by atoms with E-state index in [1.54, 1.807) is 12.1 Å². The van der Waals surface area contributed by atoms with E-state index in [-0.39, 0.29) is 11.9 Å². The number of nitrogens with zero attached hydrogens (tertiary/aromatic N) is 3. The van der Waals surface area contributed by atoms with Crippen LogP contribution in [0.3, 0.4) is 0 Å². The van der Waals surface area contributed by atoms with Gasteiger partial charge < -0.3 is 10.1 Å². The number of rotatable bonds is 1.